The van der Waals surface area contributed by atoms with Gasteiger partial charge in [0.25, 0.3) is 0 Å². The van der Waals surface area contributed by atoms with E-state index >= 15 is 0 Å². The van der Waals surface area contributed by atoms with Crippen LogP contribution in [0.3, 0.4) is 0 Å². The lowest BCUT2D eigenvalue weighted by atomic mass is 10.0. The van der Waals surface area contributed by atoms with Gasteiger partial charge in [-0.05, 0) is 44.8 Å². The lowest BCUT2D eigenvalue weighted by Crippen LogP contribution is -2.35. The van der Waals surface area contributed by atoms with Crippen LogP contribution in [-0.2, 0) is 0 Å². The third-order valence-corrected chi connectivity index (χ3v) is 2.42. The third-order valence-electron chi connectivity index (χ3n) is 2.42. The summed E-state index contributed by atoms with van der Waals surface area (Å²) in [5.41, 5.74) is 5.45. The molecule has 0 spiro atoms. The molecule has 1 heterocycles. The minimum absolute atomic E-state index is 0.838. The maximum Gasteiger partial charge on any atom is 0.000703 e. The van der Waals surface area contributed by atoms with E-state index < -0.39 is 0 Å². The fraction of sp³-hybridized carbons (Fsp3) is 1.00. The van der Waals surface area contributed by atoms with Crippen molar-refractivity contribution >= 4 is 0 Å². The van der Waals surface area contributed by atoms with Crippen LogP contribution in [0.5, 0.6) is 0 Å². The second-order valence-corrected chi connectivity index (χ2v) is 3.69. The molecule has 66 valence electrons. The smallest absolute Gasteiger partial charge is 0.000703 e. The van der Waals surface area contributed by atoms with Crippen LogP contribution in [0.2, 0.25) is 0 Å². The molecule has 2 heteroatoms. The zero-order valence-corrected chi connectivity index (χ0v) is 7.55. The van der Waals surface area contributed by atoms with Crippen LogP contribution in [0.4, 0.5) is 0 Å². The number of piperidine rings is 1. The van der Waals surface area contributed by atoms with Crippen molar-refractivity contribution in [3.63, 3.8) is 0 Å². The largest absolute Gasteiger partial charge is 0.330 e. The molecule has 1 aliphatic rings. The summed E-state index contributed by atoms with van der Waals surface area (Å²) in [4.78, 5) is 2.54. The number of nitrogens with zero attached hydrogens (tertiary/aromatic N) is 1. The van der Waals surface area contributed by atoms with Gasteiger partial charge in [0, 0.05) is 6.54 Å². The van der Waals surface area contributed by atoms with E-state index in [1.807, 2.05) is 0 Å². The lowest BCUT2D eigenvalue weighted by Gasteiger charge is -2.30. The van der Waals surface area contributed by atoms with E-state index in [4.69, 9.17) is 5.73 Å². The maximum absolute atomic E-state index is 5.45. The first kappa shape index (κ1) is 9.01. The predicted octanol–water partition coefficient (Wildman–Crippen LogP) is 1.07. The Balaban J connectivity index is 2.12. The molecule has 2 nitrogen and oxygen atoms in total. The first-order valence-electron chi connectivity index (χ1n) is 4.75. The van der Waals surface area contributed by atoms with Crippen molar-refractivity contribution < 1.29 is 0 Å². The first-order chi connectivity index (χ1) is 5.33. The monoisotopic (exact) mass is 156 g/mol. The zero-order chi connectivity index (χ0) is 8.10. The van der Waals surface area contributed by atoms with Crippen LogP contribution in [0.15, 0.2) is 0 Å². The Morgan fingerprint density at radius 3 is 3.00 bits per heavy atom. The summed E-state index contributed by atoms with van der Waals surface area (Å²) in [7, 11) is 0. The summed E-state index contributed by atoms with van der Waals surface area (Å²) >= 11 is 0. The van der Waals surface area contributed by atoms with Gasteiger partial charge in [-0.1, -0.05) is 6.92 Å². The molecule has 1 atom stereocenters. The zero-order valence-electron chi connectivity index (χ0n) is 7.55. The summed E-state index contributed by atoms with van der Waals surface area (Å²) in [5, 5.41) is 0. The minimum atomic E-state index is 0.838. The van der Waals surface area contributed by atoms with Gasteiger partial charge in [0.15, 0.2) is 0 Å². The van der Waals surface area contributed by atoms with Gasteiger partial charge >= 0.3 is 0 Å². The van der Waals surface area contributed by atoms with Crippen molar-refractivity contribution in [1.29, 1.82) is 0 Å². The van der Waals surface area contributed by atoms with Crippen molar-refractivity contribution in [2.45, 2.75) is 26.2 Å². The average molecular weight is 156 g/mol. The summed E-state index contributed by atoms with van der Waals surface area (Å²) in [6.45, 7) is 6.98. The molecule has 0 amide bonds. The van der Waals surface area contributed by atoms with Crippen molar-refractivity contribution in [1.82, 2.24) is 4.90 Å². The van der Waals surface area contributed by atoms with Gasteiger partial charge < -0.3 is 10.6 Å². The third kappa shape index (κ3) is 3.21. The Hall–Kier alpha value is -0.0800. The molecule has 1 unspecified atom stereocenters. The van der Waals surface area contributed by atoms with Crippen molar-refractivity contribution in [2.24, 2.45) is 11.7 Å². The molecule has 0 aromatic rings. The van der Waals surface area contributed by atoms with Crippen molar-refractivity contribution in [3.8, 4) is 0 Å². The Bertz CT molecular complexity index is 104. The SMILES string of the molecule is CC1CCCN(CCCN)C1. The fourth-order valence-electron chi connectivity index (χ4n) is 1.80. The lowest BCUT2D eigenvalue weighted by molar-refractivity contribution is 0.183. The number of hydrogen-bond donors (Lipinski definition) is 1. The van der Waals surface area contributed by atoms with Crippen LogP contribution in [0.25, 0.3) is 0 Å². The second kappa shape index (κ2) is 4.73. The van der Waals surface area contributed by atoms with Gasteiger partial charge in [-0.2, -0.15) is 0 Å². The molecular weight excluding hydrogens is 136 g/mol. The highest BCUT2D eigenvalue weighted by Gasteiger charge is 2.14. The van der Waals surface area contributed by atoms with E-state index in [0.717, 1.165) is 18.9 Å². The Labute approximate surface area is 69.8 Å². The topological polar surface area (TPSA) is 29.3 Å². The summed E-state index contributed by atoms with van der Waals surface area (Å²) < 4.78 is 0. The highest BCUT2D eigenvalue weighted by molar-refractivity contribution is 4.69. The number of nitrogens with two attached hydrogens (primary N) is 1. The first-order valence-corrected chi connectivity index (χ1v) is 4.75. The van der Waals surface area contributed by atoms with E-state index in [1.54, 1.807) is 0 Å². The number of likely N-dealkylation sites (tertiary alicyclic amines) is 1. The van der Waals surface area contributed by atoms with E-state index in [9.17, 15) is 0 Å². The van der Waals surface area contributed by atoms with Gasteiger partial charge in [-0.25, -0.2) is 0 Å². The molecule has 1 aliphatic heterocycles. The number of hydrogen-bond acceptors (Lipinski definition) is 2. The second-order valence-electron chi connectivity index (χ2n) is 3.69. The number of rotatable bonds is 3. The summed E-state index contributed by atoms with van der Waals surface area (Å²) in [5.74, 6) is 0.904. The van der Waals surface area contributed by atoms with Crippen LogP contribution < -0.4 is 5.73 Å². The average Bonchev–Trinajstić information content (AvgIpc) is 2.01. The standard InChI is InChI=1S/C9H20N2/c1-9-4-2-6-11(8-9)7-3-5-10/h9H,2-8,10H2,1H3. The minimum Gasteiger partial charge on any atom is -0.330 e. The van der Waals surface area contributed by atoms with Gasteiger partial charge in [-0.15, -0.1) is 0 Å². The molecular formula is C9H20N2. The molecule has 0 saturated carbocycles. The molecule has 0 radical (unpaired) electrons. The van der Waals surface area contributed by atoms with Crippen LogP contribution in [-0.4, -0.2) is 31.1 Å². The van der Waals surface area contributed by atoms with E-state index in [-0.39, 0.29) is 0 Å². The van der Waals surface area contributed by atoms with Crippen molar-refractivity contribution in [3.05, 3.63) is 0 Å². The highest BCUT2D eigenvalue weighted by Crippen LogP contribution is 2.14. The molecule has 0 aromatic heterocycles. The molecule has 0 aromatic carbocycles. The van der Waals surface area contributed by atoms with Gasteiger partial charge in [0.2, 0.25) is 0 Å². The summed E-state index contributed by atoms with van der Waals surface area (Å²) in [6, 6.07) is 0. The van der Waals surface area contributed by atoms with Gasteiger partial charge in [-0.3, -0.25) is 0 Å². The van der Waals surface area contributed by atoms with Gasteiger partial charge in [0.05, 0.1) is 0 Å². The molecule has 1 fully saturated rings. The molecule has 0 bridgehead atoms. The van der Waals surface area contributed by atoms with Gasteiger partial charge in [0.1, 0.15) is 0 Å². The van der Waals surface area contributed by atoms with E-state index in [2.05, 4.69) is 11.8 Å². The van der Waals surface area contributed by atoms with E-state index in [1.165, 1.54) is 32.5 Å². The van der Waals surface area contributed by atoms with Crippen LogP contribution >= 0.6 is 0 Å². The Morgan fingerprint density at radius 2 is 2.36 bits per heavy atom. The Morgan fingerprint density at radius 1 is 1.55 bits per heavy atom. The molecule has 2 N–H and O–H groups in total. The molecule has 1 rings (SSSR count). The highest BCUT2D eigenvalue weighted by atomic mass is 15.1. The molecule has 11 heavy (non-hydrogen) atoms. The normalized spacial score (nSPS) is 27.3. The quantitative estimate of drug-likeness (QED) is 0.662. The fourth-order valence-corrected chi connectivity index (χ4v) is 1.80. The van der Waals surface area contributed by atoms with Crippen molar-refractivity contribution in [2.75, 3.05) is 26.2 Å². The summed E-state index contributed by atoms with van der Waals surface area (Å²) in [6.07, 6.45) is 3.96. The Kier molecular flexibility index (Phi) is 3.87. The molecule has 0 aliphatic carbocycles. The molecule has 1 saturated heterocycles. The van der Waals surface area contributed by atoms with E-state index in [0.29, 0.717) is 0 Å². The van der Waals surface area contributed by atoms with Crippen LogP contribution in [0.1, 0.15) is 26.2 Å². The predicted molar refractivity (Wildman–Crippen MR) is 48.5 cm³/mol. The van der Waals surface area contributed by atoms with Crippen LogP contribution in [0, 0.1) is 5.92 Å². The maximum atomic E-state index is 5.45.